The van der Waals surface area contributed by atoms with Crippen molar-refractivity contribution in [2.45, 2.75) is 33.5 Å². The van der Waals surface area contributed by atoms with Gasteiger partial charge in [0, 0.05) is 0 Å². The minimum absolute atomic E-state index is 0.0696. The summed E-state index contributed by atoms with van der Waals surface area (Å²) in [7, 11) is -1.45. The zero-order chi connectivity index (χ0) is 19.3. The quantitative estimate of drug-likeness (QED) is 0.670. The minimum atomic E-state index is -1.45. The molecule has 27 heavy (non-hydrogen) atoms. The lowest BCUT2D eigenvalue weighted by Crippen LogP contribution is -2.47. The number of benzene rings is 2. The van der Waals surface area contributed by atoms with Gasteiger partial charge in [-0.1, -0.05) is 87.5 Å². The molecule has 1 N–H and O–H groups in total. The molecule has 0 aliphatic rings. The van der Waals surface area contributed by atoms with E-state index in [1.807, 2.05) is 30.3 Å². The second-order valence-corrected chi connectivity index (χ2v) is 9.69. The van der Waals surface area contributed by atoms with Crippen molar-refractivity contribution in [2.24, 2.45) is 5.41 Å². The van der Waals surface area contributed by atoms with E-state index in [1.54, 1.807) is 0 Å². The number of aliphatic hydroxyl groups excluding tert-OH is 1. The number of hydrogen-bond donors (Lipinski definition) is 1. The highest BCUT2D eigenvalue weighted by atomic mass is 28.3. The normalized spacial score (nSPS) is 12.9. The third-order valence-corrected chi connectivity index (χ3v) is 6.54. The molecule has 1 heterocycles. The summed E-state index contributed by atoms with van der Waals surface area (Å²) in [5, 5.41) is 11.9. The van der Waals surface area contributed by atoms with Gasteiger partial charge in [-0.15, -0.1) is 0 Å². The van der Waals surface area contributed by atoms with E-state index in [1.165, 1.54) is 10.4 Å². The second-order valence-electron chi connectivity index (χ2n) is 7.64. The fourth-order valence-electron chi connectivity index (χ4n) is 3.01. The molecule has 3 aromatic rings. The van der Waals surface area contributed by atoms with E-state index in [0.717, 1.165) is 5.69 Å². The lowest BCUT2D eigenvalue weighted by molar-refractivity contribution is 0.0853. The van der Waals surface area contributed by atoms with Gasteiger partial charge in [-0.2, -0.15) is 0 Å². The molecule has 3 rings (SSSR count). The van der Waals surface area contributed by atoms with Crippen LogP contribution >= 0.6 is 0 Å². The molecule has 1 unspecified atom stereocenters. The molecule has 139 valence electrons. The van der Waals surface area contributed by atoms with Crippen LogP contribution < -0.4 is 10.4 Å². The number of aromatic nitrogens is 1. The molecule has 3 nitrogen and oxygen atoms in total. The van der Waals surface area contributed by atoms with E-state index < -0.39 is 9.04 Å². The van der Waals surface area contributed by atoms with Crippen LogP contribution in [0, 0.1) is 5.41 Å². The van der Waals surface area contributed by atoms with Crippen LogP contribution in [0.1, 0.15) is 38.3 Å². The van der Waals surface area contributed by atoms with Gasteiger partial charge in [0.15, 0.2) is 0 Å². The molecule has 0 bridgehead atoms. The van der Waals surface area contributed by atoms with Gasteiger partial charge >= 0.3 is 0 Å². The minimum Gasteiger partial charge on any atom is -0.398 e. The van der Waals surface area contributed by atoms with Crippen LogP contribution in [0.25, 0.3) is 0 Å². The first-order chi connectivity index (χ1) is 13.0. The maximum atomic E-state index is 9.49. The predicted molar refractivity (Wildman–Crippen MR) is 111 cm³/mol. The van der Waals surface area contributed by atoms with Crippen LogP contribution in [0.3, 0.4) is 0 Å². The number of aliphatic hydroxyl groups is 1. The van der Waals surface area contributed by atoms with E-state index in [-0.39, 0.29) is 18.1 Å². The highest BCUT2D eigenvalue weighted by Crippen LogP contribution is 2.35. The summed E-state index contributed by atoms with van der Waals surface area (Å²) in [5.41, 5.74) is 1.39. The molecule has 0 saturated heterocycles. The molecule has 0 aliphatic heterocycles. The van der Waals surface area contributed by atoms with Crippen molar-refractivity contribution in [1.29, 1.82) is 0 Å². The highest BCUT2D eigenvalue weighted by Gasteiger charge is 2.33. The molecular formula is C23H26NO2Si. The zero-order valence-corrected chi connectivity index (χ0v) is 17.1. The molecule has 0 aliphatic carbocycles. The van der Waals surface area contributed by atoms with Gasteiger partial charge in [-0.25, -0.2) is 0 Å². The molecule has 0 amide bonds. The predicted octanol–water partition coefficient (Wildman–Crippen LogP) is 3.48. The summed E-state index contributed by atoms with van der Waals surface area (Å²) in [6.45, 7) is 6.43. The van der Waals surface area contributed by atoms with Crippen LogP contribution in [-0.2, 0) is 11.0 Å². The Balaban J connectivity index is 2.02. The van der Waals surface area contributed by atoms with Crippen molar-refractivity contribution in [2.75, 3.05) is 0 Å². The number of nitrogens with zero attached hydrogens (tertiary/aromatic N) is 1. The SMILES string of the molecule is CC(C)(C)C(O[Si](c1ccccc1)c1ccccc1)c1cccc(CO)n1. The van der Waals surface area contributed by atoms with Gasteiger partial charge in [0.1, 0.15) is 0 Å². The topological polar surface area (TPSA) is 42.4 Å². The van der Waals surface area contributed by atoms with Gasteiger partial charge < -0.3 is 9.53 Å². The van der Waals surface area contributed by atoms with E-state index in [2.05, 4.69) is 74.3 Å². The lowest BCUT2D eigenvalue weighted by atomic mass is 9.87. The van der Waals surface area contributed by atoms with Crippen LogP contribution in [0.5, 0.6) is 0 Å². The Labute approximate surface area is 163 Å². The summed E-state index contributed by atoms with van der Waals surface area (Å²) in [5.74, 6) is 0. The van der Waals surface area contributed by atoms with E-state index in [0.29, 0.717) is 5.69 Å². The molecule has 1 aromatic heterocycles. The van der Waals surface area contributed by atoms with Crippen molar-refractivity contribution in [1.82, 2.24) is 4.98 Å². The van der Waals surface area contributed by atoms with E-state index >= 15 is 0 Å². The average Bonchev–Trinajstić information content (AvgIpc) is 2.69. The Kier molecular flexibility index (Phi) is 6.21. The smallest absolute Gasteiger partial charge is 0.283 e. The van der Waals surface area contributed by atoms with Crippen molar-refractivity contribution in [3.63, 3.8) is 0 Å². The first kappa shape index (κ1) is 19.5. The van der Waals surface area contributed by atoms with E-state index in [9.17, 15) is 5.11 Å². The standard InChI is InChI=1S/C23H26NO2Si/c1-23(2,3)22(21-16-10-11-18(17-25)24-21)26-27(19-12-6-4-7-13-19)20-14-8-5-9-15-20/h4-16,22,25H,17H2,1-3H3. The summed E-state index contributed by atoms with van der Waals surface area (Å²) < 4.78 is 6.83. The third-order valence-electron chi connectivity index (χ3n) is 4.35. The third kappa shape index (κ3) is 4.92. The summed E-state index contributed by atoms with van der Waals surface area (Å²) in [6, 6.07) is 26.6. The first-order valence-electron chi connectivity index (χ1n) is 9.20. The Morgan fingerprint density at radius 1 is 0.852 bits per heavy atom. The Bertz CT molecular complexity index is 808. The van der Waals surface area contributed by atoms with Crippen molar-refractivity contribution in [3.8, 4) is 0 Å². The van der Waals surface area contributed by atoms with Gasteiger partial charge in [0.2, 0.25) is 0 Å². The largest absolute Gasteiger partial charge is 0.398 e. The van der Waals surface area contributed by atoms with Crippen LogP contribution in [0.2, 0.25) is 0 Å². The Morgan fingerprint density at radius 3 is 1.89 bits per heavy atom. The molecule has 1 radical (unpaired) electrons. The fraction of sp³-hybridized carbons (Fsp3) is 0.261. The van der Waals surface area contributed by atoms with Crippen LogP contribution in [0.15, 0.2) is 78.9 Å². The Hall–Kier alpha value is -2.27. The molecule has 0 saturated carbocycles. The molecule has 0 spiro atoms. The zero-order valence-electron chi connectivity index (χ0n) is 16.1. The maximum absolute atomic E-state index is 9.49. The summed E-state index contributed by atoms with van der Waals surface area (Å²) >= 11 is 0. The monoisotopic (exact) mass is 376 g/mol. The fourth-order valence-corrected chi connectivity index (χ4v) is 5.32. The van der Waals surface area contributed by atoms with Gasteiger partial charge in [0.25, 0.3) is 9.04 Å². The first-order valence-corrected chi connectivity index (χ1v) is 10.6. The second kappa shape index (κ2) is 8.61. The molecular weight excluding hydrogens is 350 g/mol. The Morgan fingerprint density at radius 2 is 1.41 bits per heavy atom. The summed E-state index contributed by atoms with van der Waals surface area (Å²) in [6.07, 6.45) is -0.182. The number of hydrogen-bond acceptors (Lipinski definition) is 3. The highest BCUT2D eigenvalue weighted by molar-refractivity contribution is 6.80. The average molecular weight is 377 g/mol. The van der Waals surface area contributed by atoms with Crippen LogP contribution in [0.4, 0.5) is 0 Å². The number of rotatable bonds is 6. The van der Waals surface area contributed by atoms with Gasteiger partial charge in [-0.3, -0.25) is 4.98 Å². The van der Waals surface area contributed by atoms with Gasteiger partial charge in [-0.05, 0) is 27.9 Å². The summed E-state index contributed by atoms with van der Waals surface area (Å²) in [4.78, 5) is 4.64. The van der Waals surface area contributed by atoms with Gasteiger partial charge in [0.05, 0.1) is 24.1 Å². The molecule has 1 atom stereocenters. The molecule has 2 aromatic carbocycles. The van der Waals surface area contributed by atoms with Crippen molar-refractivity contribution in [3.05, 3.63) is 90.3 Å². The lowest BCUT2D eigenvalue weighted by Gasteiger charge is -2.33. The van der Waals surface area contributed by atoms with Crippen molar-refractivity contribution < 1.29 is 9.53 Å². The van der Waals surface area contributed by atoms with Crippen LogP contribution in [-0.4, -0.2) is 19.1 Å². The molecule has 0 fully saturated rings. The molecule has 4 heteroatoms. The number of pyridine rings is 1. The van der Waals surface area contributed by atoms with Crippen molar-refractivity contribution >= 4 is 19.4 Å². The maximum Gasteiger partial charge on any atom is 0.283 e. The van der Waals surface area contributed by atoms with E-state index in [4.69, 9.17) is 4.43 Å².